The second kappa shape index (κ2) is 8.01. The molecule has 0 aliphatic heterocycles. The van der Waals surface area contributed by atoms with Crippen LogP contribution in [0.5, 0.6) is 5.75 Å². The third-order valence-electron chi connectivity index (χ3n) is 3.88. The number of halogens is 1. The summed E-state index contributed by atoms with van der Waals surface area (Å²) in [6, 6.07) is 17.9. The molecule has 3 rings (SSSR count). The molecular formula is C20H17BrN2O3. The van der Waals surface area contributed by atoms with Gasteiger partial charge < -0.3 is 14.6 Å². The average molecular weight is 413 g/mol. The van der Waals surface area contributed by atoms with Crippen LogP contribution in [0.2, 0.25) is 0 Å². The lowest BCUT2D eigenvalue weighted by molar-refractivity contribution is 0.102. The maximum atomic E-state index is 12.6. The van der Waals surface area contributed by atoms with E-state index in [1.807, 2.05) is 24.3 Å². The Labute approximate surface area is 159 Å². The number of carbonyl (C=O) groups excluding carboxylic acids is 1. The number of hydrogen-bond acceptors (Lipinski definition) is 3. The van der Waals surface area contributed by atoms with Crippen molar-refractivity contribution >= 4 is 27.5 Å². The number of hydrogen-bond donors (Lipinski definition) is 1. The molecule has 0 aliphatic carbocycles. The number of pyridine rings is 1. The molecule has 6 heteroatoms. The van der Waals surface area contributed by atoms with Crippen LogP contribution in [0, 0.1) is 0 Å². The number of nitrogens with one attached hydrogen (secondary N) is 1. The highest BCUT2D eigenvalue weighted by Crippen LogP contribution is 2.15. The first-order chi connectivity index (χ1) is 12.6. The average Bonchev–Trinajstić information content (AvgIpc) is 2.66. The van der Waals surface area contributed by atoms with Gasteiger partial charge in [0, 0.05) is 16.4 Å². The second-order valence-corrected chi connectivity index (χ2v) is 6.58. The van der Waals surface area contributed by atoms with Crippen LogP contribution in [0.15, 0.2) is 76.1 Å². The highest BCUT2D eigenvalue weighted by Gasteiger charge is 2.12. The predicted molar refractivity (Wildman–Crippen MR) is 105 cm³/mol. The van der Waals surface area contributed by atoms with E-state index in [-0.39, 0.29) is 11.1 Å². The highest BCUT2D eigenvalue weighted by molar-refractivity contribution is 9.10. The van der Waals surface area contributed by atoms with E-state index < -0.39 is 5.91 Å². The van der Waals surface area contributed by atoms with Gasteiger partial charge in [-0.3, -0.25) is 9.59 Å². The number of methoxy groups -OCH3 is 1. The van der Waals surface area contributed by atoms with Gasteiger partial charge in [0.05, 0.1) is 13.7 Å². The topological polar surface area (TPSA) is 60.3 Å². The standard InChI is InChI=1S/C20H17BrN2O3/c1-26-17-10-8-16(9-11-17)22-19(24)18-3-2-12-23(20(18)25)13-14-4-6-15(21)7-5-14/h2-12H,13H2,1H3,(H,22,24). The number of rotatable bonds is 5. The number of benzene rings is 2. The zero-order chi connectivity index (χ0) is 18.5. The van der Waals surface area contributed by atoms with Crippen LogP contribution in [0.1, 0.15) is 15.9 Å². The van der Waals surface area contributed by atoms with Crippen LogP contribution in [0.3, 0.4) is 0 Å². The van der Waals surface area contributed by atoms with Crippen molar-refractivity contribution in [1.82, 2.24) is 4.57 Å². The number of amides is 1. The highest BCUT2D eigenvalue weighted by atomic mass is 79.9. The van der Waals surface area contributed by atoms with E-state index in [0.717, 1.165) is 10.0 Å². The molecule has 26 heavy (non-hydrogen) atoms. The molecule has 0 atom stereocenters. The Morgan fingerprint density at radius 2 is 1.77 bits per heavy atom. The van der Waals surface area contributed by atoms with Gasteiger partial charge in [0.2, 0.25) is 0 Å². The number of ether oxygens (including phenoxy) is 1. The first-order valence-corrected chi connectivity index (χ1v) is 8.75. The van der Waals surface area contributed by atoms with Crippen molar-refractivity contribution in [2.24, 2.45) is 0 Å². The van der Waals surface area contributed by atoms with Crippen molar-refractivity contribution in [2.75, 3.05) is 12.4 Å². The number of anilines is 1. The van der Waals surface area contributed by atoms with Gasteiger partial charge in [-0.15, -0.1) is 0 Å². The fraction of sp³-hybridized carbons (Fsp3) is 0.100. The molecule has 1 amide bonds. The molecule has 132 valence electrons. The fourth-order valence-electron chi connectivity index (χ4n) is 2.49. The first kappa shape index (κ1) is 17.9. The zero-order valence-corrected chi connectivity index (χ0v) is 15.7. The Kier molecular flexibility index (Phi) is 5.53. The summed E-state index contributed by atoms with van der Waals surface area (Å²) in [6.45, 7) is 0.399. The molecule has 0 aliphatic rings. The van der Waals surface area contributed by atoms with E-state index in [0.29, 0.717) is 18.0 Å². The third-order valence-corrected chi connectivity index (χ3v) is 4.41. The van der Waals surface area contributed by atoms with Gasteiger partial charge in [0.15, 0.2) is 0 Å². The Hall–Kier alpha value is -2.86. The summed E-state index contributed by atoms with van der Waals surface area (Å²) in [5.41, 5.74) is 1.34. The molecule has 5 nitrogen and oxygen atoms in total. The Morgan fingerprint density at radius 1 is 1.08 bits per heavy atom. The van der Waals surface area contributed by atoms with Gasteiger partial charge in [0.25, 0.3) is 11.5 Å². The lowest BCUT2D eigenvalue weighted by atomic mass is 10.2. The SMILES string of the molecule is COc1ccc(NC(=O)c2cccn(Cc3ccc(Br)cc3)c2=O)cc1. The second-order valence-electron chi connectivity index (χ2n) is 5.66. The summed E-state index contributed by atoms with van der Waals surface area (Å²) in [5.74, 6) is 0.255. The van der Waals surface area contributed by atoms with Crippen LogP contribution < -0.4 is 15.6 Å². The normalized spacial score (nSPS) is 10.4. The number of nitrogens with zero attached hydrogens (tertiary/aromatic N) is 1. The summed E-state index contributed by atoms with van der Waals surface area (Å²) in [5, 5.41) is 2.73. The molecule has 0 radical (unpaired) electrons. The van der Waals surface area contributed by atoms with Crippen molar-refractivity contribution in [3.05, 3.63) is 92.8 Å². The first-order valence-electron chi connectivity index (χ1n) is 7.96. The lowest BCUT2D eigenvalue weighted by Crippen LogP contribution is -2.29. The van der Waals surface area contributed by atoms with Crippen molar-refractivity contribution < 1.29 is 9.53 Å². The van der Waals surface area contributed by atoms with Crippen molar-refractivity contribution in [1.29, 1.82) is 0 Å². The molecule has 0 spiro atoms. The molecule has 1 heterocycles. The minimum absolute atomic E-state index is 0.0976. The molecule has 1 N–H and O–H groups in total. The largest absolute Gasteiger partial charge is 0.497 e. The summed E-state index contributed by atoms with van der Waals surface area (Å²) in [6.07, 6.45) is 1.68. The van der Waals surface area contributed by atoms with Crippen LogP contribution in [0.4, 0.5) is 5.69 Å². The third kappa shape index (κ3) is 4.21. The quantitative estimate of drug-likeness (QED) is 0.690. The van der Waals surface area contributed by atoms with Crippen LogP contribution in [-0.2, 0) is 6.54 Å². The molecule has 0 fully saturated rings. The maximum Gasteiger partial charge on any atom is 0.263 e. The maximum absolute atomic E-state index is 12.6. The smallest absolute Gasteiger partial charge is 0.263 e. The minimum Gasteiger partial charge on any atom is -0.497 e. The van der Waals surface area contributed by atoms with E-state index in [2.05, 4.69) is 21.2 Å². The molecule has 3 aromatic rings. The van der Waals surface area contributed by atoms with Crippen molar-refractivity contribution in [3.63, 3.8) is 0 Å². The fourth-order valence-corrected chi connectivity index (χ4v) is 2.76. The Balaban J connectivity index is 1.80. The molecular weight excluding hydrogens is 396 g/mol. The Bertz CT molecular complexity index is 964. The van der Waals surface area contributed by atoms with Gasteiger partial charge >= 0.3 is 0 Å². The summed E-state index contributed by atoms with van der Waals surface area (Å²) < 4.78 is 7.58. The molecule has 2 aromatic carbocycles. The monoisotopic (exact) mass is 412 g/mol. The van der Waals surface area contributed by atoms with E-state index >= 15 is 0 Å². The predicted octanol–water partition coefficient (Wildman–Crippen LogP) is 3.92. The van der Waals surface area contributed by atoms with E-state index in [4.69, 9.17) is 4.74 Å². The summed E-state index contributed by atoms with van der Waals surface area (Å²) in [7, 11) is 1.57. The molecule has 0 saturated carbocycles. The van der Waals surface area contributed by atoms with Crippen molar-refractivity contribution in [3.8, 4) is 5.75 Å². The van der Waals surface area contributed by atoms with Gasteiger partial charge in [-0.1, -0.05) is 28.1 Å². The molecule has 0 unspecified atom stereocenters. The number of carbonyl (C=O) groups is 1. The Morgan fingerprint density at radius 3 is 2.42 bits per heavy atom. The lowest BCUT2D eigenvalue weighted by Gasteiger charge is -2.09. The van der Waals surface area contributed by atoms with Gasteiger partial charge in [-0.25, -0.2) is 0 Å². The summed E-state index contributed by atoms with van der Waals surface area (Å²) in [4.78, 5) is 25.1. The van der Waals surface area contributed by atoms with Crippen LogP contribution in [0.25, 0.3) is 0 Å². The zero-order valence-electron chi connectivity index (χ0n) is 14.1. The minimum atomic E-state index is -0.440. The van der Waals surface area contributed by atoms with Gasteiger partial charge in [0.1, 0.15) is 11.3 Å². The van der Waals surface area contributed by atoms with E-state index in [1.54, 1.807) is 43.6 Å². The van der Waals surface area contributed by atoms with Gasteiger partial charge in [-0.2, -0.15) is 0 Å². The molecule has 1 aromatic heterocycles. The molecule has 0 saturated heterocycles. The van der Waals surface area contributed by atoms with Crippen LogP contribution >= 0.6 is 15.9 Å². The van der Waals surface area contributed by atoms with Gasteiger partial charge in [-0.05, 0) is 54.1 Å². The number of aromatic nitrogens is 1. The summed E-state index contributed by atoms with van der Waals surface area (Å²) >= 11 is 3.39. The van der Waals surface area contributed by atoms with E-state index in [9.17, 15) is 9.59 Å². The molecule has 0 bridgehead atoms. The van der Waals surface area contributed by atoms with E-state index in [1.165, 1.54) is 10.6 Å². The van der Waals surface area contributed by atoms with Crippen molar-refractivity contribution in [2.45, 2.75) is 6.54 Å². The van der Waals surface area contributed by atoms with Crippen LogP contribution in [-0.4, -0.2) is 17.6 Å².